The molecule has 10 heteroatoms. The predicted molar refractivity (Wildman–Crippen MR) is 118 cm³/mol. The largest absolute Gasteiger partial charge is 0.453 e. The normalized spacial score (nSPS) is 14.6. The first-order valence-electron chi connectivity index (χ1n) is 8.94. The molecule has 0 atom stereocenters. The van der Waals surface area contributed by atoms with E-state index in [0.29, 0.717) is 37.9 Å². The summed E-state index contributed by atoms with van der Waals surface area (Å²) in [6, 6.07) is 7.46. The molecule has 1 saturated heterocycles. The zero-order valence-corrected chi connectivity index (χ0v) is 18.5. The van der Waals surface area contributed by atoms with Crippen LogP contribution in [0.1, 0.15) is 25.3 Å². The van der Waals surface area contributed by atoms with E-state index in [2.05, 4.69) is 20.4 Å². The fraction of sp³-hybridized carbons (Fsp3) is 0.500. The summed E-state index contributed by atoms with van der Waals surface area (Å²) in [5.41, 5.74) is 7.58. The molecule has 156 valence electrons. The fourth-order valence-corrected chi connectivity index (χ4v) is 2.71. The molecule has 1 aromatic rings. The highest BCUT2D eigenvalue weighted by Gasteiger charge is 2.23. The number of guanidine groups is 1. The SMILES string of the molecule is CCOC(=O)N1CCC(NC(N)=NCc2ccc(NC(=O)OC)cc2)CC1.I. The lowest BCUT2D eigenvalue weighted by molar-refractivity contribution is 0.0963. The maximum atomic E-state index is 11.7. The van der Waals surface area contributed by atoms with E-state index in [1.54, 1.807) is 24.0 Å². The topological polar surface area (TPSA) is 118 Å². The number of anilines is 1. The van der Waals surface area contributed by atoms with Gasteiger partial charge in [-0.15, -0.1) is 24.0 Å². The Labute approximate surface area is 182 Å². The van der Waals surface area contributed by atoms with E-state index in [1.165, 1.54) is 7.11 Å². The first-order chi connectivity index (χ1) is 13.0. The van der Waals surface area contributed by atoms with Crippen LogP contribution in [0.3, 0.4) is 0 Å². The third kappa shape index (κ3) is 7.79. The molecular weight excluding hydrogens is 477 g/mol. The number of methoxy groups -OCH3 is 1. The summed E-state index contributed by atoms with van der Waals surface area (Å²) in [6.07, 6.45) is 0.817. The van der Waals surface area contributed by atoms with Crippen molar-refractivity contribution in [2.75, 3.05) is 32.1 Å². The number of amides is 2. The Bertz CT molecular complexity index is 660. The summed E-state index contributed by atoms with van der Waals surface area (Å²) in [5.74, 6) is 0.376. The molecule has 0 aliphatic carbocycles. The van der Waals surface area contributed by atoms with Crippen molar-refractivity contribution in [3.63, 3.8) is 0 Å². The third-order valence-corrected chi connectivity index (χ3v) is 4.19. The second kappa shape index (κ2) is 12.3. The molecule has 1 fully saturated rings. The van der Waals surface area contributed by atoms with Crippen molar-refractivity contribution in [3.8, 4) is 0 Å². The molecule has 1 aromatic carbocycles. The Morgan fingerprint density at radius 1 is 1.25 bits per heavy atom. The minimum atomic E-state index is -0.511. The third-order valence-electron chi connectivity index (χ3n) is 4.19. The molecule has 0 aromatic heterocycles. The molecular formula is C18H28IN5O4. The van der Waals surface area contributed by atoms with Crippen LogP contribution in [0.5, 0.6) is 0 Å². The minimum Gasteiger partial charge on any atom is -0.453 e. The van der Waals surface area contributed by atoms with Crippen molar-refractivity contribution in [1.82, 2.24) is 10.2 Å². The van der Waals surface area contributed by atoms with Gasteiger partial charge in [0.05, 0.1) is 20.3 Å². The molecule has 0 radical (unpaired) electrons. The summed E-state index contributed by atoms with van der Waals surface area (Å²) < 4.78 is 9.55. The van der Waals surface area contributed by atoms with Gasteiger partial charge in [-0.3, -0.25) is 5.32 Å². The molecule has 1 heterocycles. The number of carbonyl (C=O) groups excluding carboxylic acids is 2. The smallest absolute Gasteiger partial charge is 0.411 e. The number of hydrogen-bond acceptors (Lipinski definition) is 5. The van der Waals surface area contributed by atoms with Gasteiger partial charge in [-0.05, 0) is 37.5 Å². The number of halogens is 1. The Morgan fingerprint density at radius 2 is 1.89 bits per heavy atom. The van der Waals surface area contributed by atoms with Crippen LogP contribution in [0.25, 0.3) is 0 Å². The van der Waals surface area contributed by atoms with Crippen LogP contribution in [0.2, 0.25) is 0 Å². The fourth-order valence-electron chi connectivity index (χ4n) is 2.71. The molecule has 4 N–H and O–H groups in total. The Kier molecular flexibility index (Phi) is 10.4. The van der Waals surface area contributed by atoms with Crippen molar-refractivity contribution in [2.45, 2.75) is 32.4 Å². The van der Waals surface area contributed by atoms with Crippen LogP contribution >= 0.6 is 24.0 Å². The van der Waals surface area contributed by atoms with Gasteiger partial charge in [0.25, 0.3) is 0 Å². The second-order valence-corrected chi connectivity index (χ2v) is 6.12. The standard InChI is InChI=1S/C18H27N5O4.HI/c1-3-27-18(25)23-10-8-15(9-11-23)21-16(19)20-12-13-4-6-14(7-5-13)22-17(24)26-2;/h4-7,15H,3,8-12H2,1-2H3,(H,22,24)(H3,19,20,21);1H. The molecule has 2 rings (SSSR count). The number of piperidine rings is 1. The van der Waals surface area contributed by atoms with Gasteiger partial charge in [-0.1, -0.05) is 12.1 Å². The van der Waals surface area contributed by atoms with Crippen molar-refractivity contribution >= 4 is 47.8 Å². The average molecular weight is 505 g/mol. The monoisotopic (exact) mass is 505 g/mol. The van der Waals surface area contributed by atoms with Crippen LogP contribution in [0.4, 0.5) is 15.3 Å². The predicted octanol–water partition coefficient (Wildman–Crippen LogP) is 2.51. The zero-order chi connectivity index (χ0) is 19.6. The Morgan fingerprint density at radius 3 is 2.46 bits per heavy atom. The molecule has 1 aliphatic heterocycles. The maximum Gasteiger partial charge on any atom is 0.411 e. The van der Waals surface area contributed by atoms with Gasteiger partial charge in [-0.2, -0.15) is 0 Å². The van der Waals surface area contributed by atoms with E-state index in [9.17, 15) is 9.59 Å². The van der Waals surface area contributed by atoms with Crippen LogP contribution in [-0.4, -0.2) is 55.9 Å². The first kappa shape index (κ1) is 23.8. The molecule has 2 amide bonds. The number of nitrogens with one attached hydrogen (secondary N) is 2. The Balaban J connectivity index is 0.00000392. The summed E-state index contributed by atoms with van der Waals surface area (Å²) in [4.78, 5) is 28.9. The van der Waals surface area contributed by atoms with E-state index < -0.39 is 6.09 Å². The molecule has 9 nitrogen and oxygen atoms in total. The zero-order valence-electron chi connectivity index (χ0n) is 16.1. The van der Waals surface area contributed by atoms with Crippen molar-refractivity contribution in [1.29, 1.82) is 0 Å². The number of nitrogens with two attached hydrogens (primary N) is 1. The number of ether oxygens (including phenoxy) is 2. The number of benzene rings is 1. The summed E-state index contributed by atoms with van der Waals surface area (Å²) in [7, 11) is 1.31. The molecule has 0 bridgehead atoms. The lowest BCUT2D eigenvalue weighted by Gasteiger charge is -2.31. The number of nitrogens with zero attached hydrogens (tertiary/aromatic N) is 2. The summed E-state index contributed by atoms with van der Waals surface area (Å²) >= 11 is 0. The van der Waals surface area contributed by atoms with Gasteiger partial charge in [0.15, 0.2) is 5.96 Å². The molecule has 1 aliphatic rings. The number of aliphatic imine (C=N–C) groups is 1. The summed E-state index contributed by atoms with van der Waals surface area (Å²) in [5, 5.41) is 5.79. The number of likely N-dealkylation sites (tertiary alicyclic amines) is 1. The van der Waals surface area contributed by atoms with Crippen LogP contribution in [0.15, 0.2) is 29.3 Å². The van der Waals surface area contributed by atoms with Crippen LogP contribution in [-0.2, 0) is 16.0 Å². The van der Waals surface area contributed by atoms with Crippen molar-refractivity contribution in [2.24, 2.45) is 10.7 Å². The van der Waals surface area contributed by atoms with Gasteiger partial charge in [0.1, 0.15) is 0 Å². The molecule has 0 saturated carbocycles. The van der Waals surface area contributed by atoms with Gasteiger partial charge in [0, 0.05) is 24.8 Å². The highest BCUT2D eigenvalue weighted by atomic mass is 127. The van der Waals surface area contributed by atoms with Crippen LogP contribution < -0.4 is 16.4 Å². The summed E-state index contributed by atoms with van der Waals surface area (Å²) in [6.45, 7) is 3.89. The van der Waals surface area contributed by atoms with E-state index in [4.69, 9.17) is 10.5 Å². The highest BCUT2D eigenvalue weighted by molar-refractivity contribution is 14.0. The molecule has 0 spiro atoms. The molecule has 0 unspecified atom stereocenters. The van der Waals surface area contributed by atoms with Crippen molar-refractivity contribution in [3.05, 3.63) is 29.8 Å². The van der Waals surface area contributed by atoms with Gasteiger partial charge in [0.2, 0.25) is 0 Å². The lowest BCUT2D eigenvalue weighted by atomic mass is 10.1. The first-order valence-corrected chi connectivity index (χ1v) is 8.94. The van der Waals surface area contributed by atoms with E-state index in [1.807, 2.05) is 12.1 Å². The molecule has 28 heavy (non-hydrogen) atoms. The second-order valence-electron chi connectivity index (χ2n) is 6.12. The average Bonchev–Trinajstić information content (AvgIpc) is 2.68. The van der Waals surface area contributed by atoms with Gasteiger partial charge in [-0.25, -0.2) is 14.6 Å². The van der Waals surface area contributed by atoms with Gasteiger partial charge >= 0.3 is 12.2 Å². The lowest BCUT2D eigenvalue weighted by Crippen LogP contribution is -2.48. The number of hydrogen-bond donors (Lipinski definition) is 3. The van der Waals surface area contributed by atoms with E-state index in [0.717, 1.165) is 18.4 Å². The van der Waals surface area contributed by atoms with E-state index >= 15 is 0 Å². The minimum absolute atomic E-state index is 0. The quantitative estimate of drug-likeness (QED) is 0.322. The Hall–Kier alpha value is -2.24. The van der Waals surface area contributed by atoms with Crippen molar-refractivity contribution < 1.29 is 19.1 Å². The van der Waals surface area contributed by atoms with Crippen LogP contribution in [0, 0.1) is 0 Å². The number of rotatable bonds is 5. The maximum absolute atomic E-state index is 11.7. The van der Waals surface area contributed by atoms with Gasteiger partial charge < -0.3 is 25.4 Å². The highest BCUT2D eigenvalue weighted by Crippen LogP contribution is 2.12. The number of carbonyl (C=O) groups is 2. The van der Waals surface area contributed by atoms with E-state index in [-0.39, 0.29) is 36.1 Å².